The van der Waals surface area contributed by atoms with Gasteiger partial charge >= 0.3 is 0 Å². The number of fused-ring (bicyclic) bond motifs is 2. The number of rotatable bonds is 7. The number of hydrogen-bond donors (Lipinski definition) is 6. The van der Waals surface area contributed by atoms with E-state index >= 15 is 0 Å². The molecule has 16 nitrogen and oxygen atoms in total. The largest absolute Gasteiger partial charge is 0.492 e. The van der Waals surface area contributed by atoms with Crippen LogP contribution in [-0.2, 0) is 54.5 Å². The van der Waals surface area contributed by atoms with E-state index in [0.29, 0.717) is 50.7 Å². The lowest BCUT2D eigenvalue weighted by molar-refractivity contribution is -0.141. The predicted molar refractivity (Wildman–Crippen MR) is 305 cm³/mol. The first-order valence-corrected chi connectivity index (χ1v) is 28.2. The van der Waals surface area contributed by atoms with Crippen LogP contribution in [0.1, 0.15) is 94.5 Å². The molecule has 2 aliphatic heterocycles. The third kappa shape index (κ3) is 18.0. The molecule has 1 unspecified atom stereocenters. The highest BCUT2D eigenvalue weighted by atomic mass is 35.5. The van der Waals surface area contributed by atoms with Gasteiger partial charge in [0.15, 0.2) is 0 Å². The summed E-state index contributed by atoms with van der Waals surface area (Å²) in [4.78, 5) is 83.1. The minimum Gasteiger partial charge on any atom is -0.492 e. The summed E-state index contributed by atoms with van der Waals surface area (Å²) < 4.78 is 12.3. The average molecular weight is 1090 g/mol. The quantitative estimate of drug-likeness (QED) is 0.125. The summed E-state index contributed by atoms with van der Waals surface area (Å²) in [7, 11) is 3.29. The predicted octanol–water partition coefficient (Wildman–Crippen LogP) is 6.13. The van der Waals surface area contributed by atoms with E-state index < -0.39 is 30.2 Å². The highest BCUT2D eigenvalue weighted by Crippen LogP contribution is 2.34. The molecule has 7 rings (SSSR count). The molecule has 1 fully saturated rings. The van der Waals surface area contributed by atoms with Gasteiger partial charge in [-0.05, 0) is 125 Å². The third-order valence-corrected chi connectivity index (χ3v) is 15.4. The molecule has 4 aromatic carbocycles. The van der Waals surface area contributed by atoms with Crippen LogP contribution in [-0.4, -0.2) is 134 Å². The molecule has 0 radical (unpaired) electrons. The van der Waals surface area contributed by atoms with E-state index in [0.717, 1.165) is 84.3 Å². The van der Waals surface area contributed by atoms with Gasteiger partial charge < -0.3 is 51.2 Å². The Morgan fingerprint density at radius 2 is 1.13 bits per heavy atom. The van der Waals surface area contributed by atoms with Crippen molar-refractivity contribution in [1.29, 1.82) is 0 Å². The number of ether oxygens (including phenoxy) is 2. The summed E-state index contributed by atoms with van der Waals surface area (Å²) in [6.45, 7) is 13.8. The van der Waals surface area contributed by atoms with E-state index in [1.807, 2.05) is 113 Å². The number of likely N-dealkylation sites (N-methyl/N-ethyl adjacent to an activating group) is 2. The molecule has 422 valence electrons. The molecule has 1 aliphatic carbocycles. The van der Waals surface area contributed by atoms with Crippen molar-refractivity contribution in [2.75, 3.05) is 46.9 Å². The van der Waals surface area contributed by atoms with Crippen molar-refractivity contribution in [3.63, 3.8) is 0 Å². The van der Waals surface area contributed by atoms with Gasteiger partial charge in [0.25, 0.3) is 0 Å². The fourth-order valence-corrected chi connectivity index (χ4v) is 9.60. The fourth-order valence-electron chi connectivity index (χ4n) is 9.47. The van der Waals surface area contributed by atoms with Crippen molar-refractivity contribution in [2.24, 2.45) is 11.8 Å². The topological polar surface area (TPSA) is 200 Å². The molecule has 78 heavy (non-hydrogen) atoms. The minimum absolute atomic E-state index is 0.0523. The van der Waals surface area contributed by atoms with Crippen LogP contribution in [0.4, 0.5) is 0 Å². The number of halogens is 1. The summed E-state index contributed by atoms with van der Waals surface area (Å²) in [5.74, 6) is 0.393. The van der Waals surface area contributed by atoms with Gasteiger partial charge in [0, 0.05) is 58.1 Å². The molecule has 0 spiro atoms. The fraction of sp³-hybridized carbons (Fsp3) is 0.508. The number of benzene rings is 4. The maximum absolute atomic E-state index is 13.5. The normalized spacial score (nSPS) is 24.4. The Kier molecular flexibility index (Phi) is 23.4. The van der Waals surface area contributed by atoms with Crippen LogP contribution in [0.3, 0.4) is 0 Å². The number of carbonyl (C=O) groups excluding carboxylic acids is 6. The van der Waals surface area contributed by atoms with E-state index in [9.17, 15) is 28.8 Å². The zero-order valence-corrected chi connectivity index (χ0v) is 47.6. The van der Waals surface area contributed by atoms with Gasteiger partial charge in [0.05, 0.1) is 12.1 Å². The van der Waals surface area contributed by atoms with E-state index in [2.05, 4.69) is 31.9 Å². The van der Waals surface area contributed by atoms with Crippen LogP contribution < -0.4 is 41.4 Å². The van der Waals surface area contributed by atoms with Crippen molar-refractivity contribution in [2.45, 2.75) is 142 Å². The first-order valence-electron chi connectivity index (χ1n) is 27.8. The molecule has 4 aromatic rings. The van der Waals surface area contributed by atoms with Gasteiger partial charge in [0.2, 0.25) is 35.4 Å². The molecule has 17 heteroatoms. The number of hydrogen-bond acceptors (Lipinski definition) is 10. The summed E-state index contributed by atoms with van der Waals surface area (Å²) in [6, 6.07) is 27.1. The lowest BCUT2D eigenvalue weighted by atomic mass is 9.97. The second-order valence-electron chi connectivity index (χ2n) is 21.2. The maximum Gasteiger partial charge on any atom is 0.243 e. The molecule has 2 heterocycles. The summed E-state index contributed by atoms with van der Waals surface area (Å²) >= 11 is 6.03. The molecule has 6 N–H and O–H groups in total. The van der Waals surface area contributed by atoms with Crippen LogP contribution in [0, 0.1) is 18.8 Å². The molecule has 0 aromatic heterocycles. The minimum atomic E-state index is -0.803. The molecular formula is C61H83ClN8O8. The highest BCUT2D eigenvalue weighted by molar-refractivity contribution is 6.30. The van der Waals surface area contributed by atoms with Crippen molar-refractivity contribution >= 4 is 47.0 Å². The Hall–Kier alpha value is -6.49. The second-order valence-corrected chi connectivity index (χ2v) is 21.7. The Labute approximate surface area is 466 Å². The average Bonchev–Trinajstić information content (AvgIpc) is 4.30. The summed E-state index contributed by atoms with van der Waals surface area (Å²) in [6.07, 6.45) is 6.21. The van der Waals surface area contributed by atoms with Crippen molar-refractivity contribution < 1.29 is 38.2 Å². The van der Waals surface area contributed by atoms with E-state index in [1.165, 1.54) is 9.80 Å². The first kappa shape index (κ1) is 60.7. The molecule has 3 aliphatic rings. The Morgan fingerprint density at radius 3 is 1.67 bits per heavy atom. The Bertz CT molecular complexity index is 2610. The number of carbonyl (C=O) groups is 6. The number of nitrogens with zero attached hydrogens (tertiary/aromatic N) is 2. The van der Waals surface area contributed by atoms with Crippen molar-refractivity contribution in [3.8, 4) is 11.5 Å². The third-order valence-electron chi connectivity index (χ3n) is 15.1. The first-order chi connectivity index (χ1) is 37.4. The van der Waals surface area contributed by atoms with Gasteiger partial charge in [-0.2, -0.15) is 0 Å². The number of amides is 6. The van der Waals surface area contributed by atoms with Crippen LogP contribution in [0.2, 0.25) is 5.02 Å². The van der Waals surface area contributed by atoms with Gasteiger partial charge in [0.1, 0.15) is 48.4 Å². The standard InChI is InChI=1S/C31H42N4O4.C30H41ClN4O4/c1-20-11-13-23(14-12-20)18-26-30(37)32-17-7-9-24-8-5-6-10-27(24)39-21(2)19-33-28(25-15-16-25)31(38)35(4)22(3)29(36)34-26;1-5-20(2)27-30(38)35(4)21(3)28(36)34-25(19-22-12-14-24(31)15-13-22)29(37)33-16-8-10-23-9-6-7-11-26(23)39-18-17-32-27/h5-6,8,10-14,21-22,25-26,28,33H,7,9,15-19H2,1-4H3,(H,32,37)(H,34,36);6-7,9,11-15,20-21,25,27,32H,5,8,10,16-19H2,1-4H3,(H,33,37)(H,34,36)/t21-,22-,26-,28+;20?,21-,25-,27+/m11/s1. The van der Waals surface area contributed by atoms with Gasteiger partial charge in [-0.1, -0.05) is 110 Å². The van der Waals surface area contributed by atoms with Crippen LogP contribution in [0.5, 0.6) is 11.5 Å². The van der Waals surface area contributed by atoms with Crippen LogP contribution >= 0.6 is 11.6 Å². The number of para-hydroxylation sites is 2. The second kappa shape index (κ2) is 30.0. The monoisotopic (exact) mass is 1090 g/mol. The molecular weight excluding hydrogens is 1010 g/mol. The van der Waals surface area contributed by atoms with E-state index in [1.54, 1.807) is 40.1 Å². The smallest absolute Gasteiger partial charge is 0.243 e. The highest BCUT2D eigenvalue weighted by Gasteiger charge is 2.40. The Morgan fingerprint density at radius 1 is 0.628 bits per heavy atom. The lowest BCUT2D eigenvalue weighted by Gasteiger charge is -2.32. The van der Waals surface area contributed by atoms with E-state index in [-0.39, 0.29) is 59.4 Å². The molecule has 6 amide bonds. The van der Waals surface area contributed by atoms with Crippen LogP contribution in [0.25, 0.3) is 0 Å². The number of aryl methyl sites for hydroxylation is 3. The van der Waals surface area contributed by atoms with Crippen molar-refractivity contribution in [3.05, 3.63) is 130 Å². The number of nitrogens with one attached hydrogen (secondary N) is 6. The van der Waals surface area contributed by atoms with Crippen LogP contribution in [0.15, 0.2) is 97.1 Å². The van der Waals surface area contributed by atoms with Gasteiger partial charge in [-0.15, -0.1) is 0 Å². The SMILES string of the molecule is CCC(C)[C@@H]1NCCOc2ccccc2CCCNC(=O)[C@@H](Cc2ccc(Cl)cc2)NC(=O)[C@@H](C)N(C)C1=O.Cc1ccc(C[C@H]2NC(=O)[C@@H](C)N(C)C(=O)[C@H](C3CC3)NC[C@@H](C)Oc3ccccc3CCCNC2=O)cc1. The van der Waals surface area contributed by atoms with Gasteiger partial charge in [-0.25, -0.2) is 0 Å². The Balaban J connectivity index is 0.000000252. The molecule has 1 saturated carbocycles. The van der Waals surface area contributed by atoms with E-state index in [4.69, 9.17) is 21.1 Å². The van der Waals surface area contributed by atoms with Gasteiger partial charge in [-0.3, -0.25) is 28.8 Å². The zero-order valence-electron chi connectivity index (χ0n) is 46.9. The molecule has 0 saturated heterocycles. The summed E-state index contributed by atoms with van der Waals surface area (Å²) in [5, 5.41) is 19.2. The van der Waals surface area contributed by atoms with Crippen molar-refractivity contribution in [1.82, 2.24) is 41.7 Å². The molecule has 8 atom stereocenters. The lowest BCUT2D eigenvalue weighted by Crippen LogP contribution is -2.57. The maximum atomic E-state index is 13.5. The summed E-state index contributed by atoms with van der Waals surface area (Å²) in [5.41, 5.74) is 5.09. The molecule has 0 bridgehead atoms. The zero-order chi connectivity index (χ0) is 56.3.